The first kappa shape index (κ1) is 21.5. The maximum atomic E-state index is 13.3. The Morgan fingerprint density at radius 3 is 2.93 bits per heavy atom. The number of rotatable bonds is 6. The van der Waals surface area contributed by atoms with Gasteiger partial charge in [0, 0.05) is 45.0 Å². The lowest BCUT2D eigenvalue weighted by Gasteiger charge is -2.33. The van der Waals surface area contributed by atoms with Crippen molar-refractivity contribution < 1.29 is 18.7 Å². The summed E-state index contributed by atoms with van der Waals surface area (Å²) in [5, 5.41) is 3.32. The fourth-order valence-corrected chi connectivity index (χ4v) is 3.36. The molecule has 0 radical (unpaired) electrons. The van der Waals surface area contributed by atoms with Crippen molar-refractivity contribution in [3.63, 3.8) is 0 Å². The first-order valence-corrected chi connectivity index (χ1v) is 10.1. The smallest absolute Gasteiger partial charge is 0.310 e. The summed E-state index contributed by atoms with van der Waals surface area (Å²) in [7, 11) is 1.73. The van der Waals surface area contributed by atoms with E-state index in [2.05, 4.69) is 20.2 Å². The van der Waals surface area contributed by atoms with Gasteiger partial charge in [-0.25, -0.2) is 9.37 Å². The second kappa shape index (κ2) is 10.6. The number of pyridine rings is 1. The molecule has 1 unspecified atom stereocenters. The van der Waals surface area contributed by atoms with Crippen LogP contribution in [0.2, 0.25) is 0 Å². The van der Waals surface area contributed by atoms with Crippen LogP contribution in [0.25, 0.3) is 0 Å². The van der Waals surface area contributed by atoms with Crippen LogP contribution in [0.15, 0.2) is 47.6 Å². The van der Waals surface area contributed by atoms with E-state index in [0.717, 1.165) is 30.9 Å². The van der Waals surface area contributed by atoms with Gasteiger partial charge < -0.3 is 19.7 Å². The fraction of sp³-hybridized carbons (Fsp3) is 0.409. The number of halogens is 1. The van der Waals surface area contributed by atoms with Gasteiger partial charge in [0.1, 0.15) is 11.6 Å². The highest BCUT2D eigenvalue weighted by molar-refractivity contribution is 5.81. The number of guanidine groups is 1. The lowest BCUT2D eigenvalue weighted by Crippen LogP contribution is -2.48. The van der Waals surface area contributed by atoms with Gasteiger partial charge in [-0.1, -0.05) is 12.1 Å². The van der Waals surface area contributed by atoms with Crippen molar-refractivity contribution in [2.45, 2.75) is 26.3 Å². The molecular formula is C22H27FN4O3. The van der Waals surface area contributed by atoms with Gasteiger partial charge in [-0.15, -0.1) is 0 Å². The molecule has 1 atom stereocenters. The van der Waals surface area contributed by atoms with Crippen LogP contribution < -0.4 is 10.1 Å². The summed E-state index contributed by atoms with van der Waals surface area (Å²) in [5.74, 6) is 0.901. The third kappa shape index (κ3) is 5.92. The molecule has 1 fully saturated rings. The van der Waals surface area contributed by atoms with Crippen LogP contribution >= 0.6 is 0 Å². The van der Waals surface area contributed by atoms with Crippen molar-refractivity contribution in [2.75, 3.05) is 26.7 Å². The average molecular weight is 414 g/mol. The van der Waals surface area contributed by atoms with Crippen molar-refractivity contribution >= 4 is 11.9 Å². The Balaban J connectivity index is 1.54. The molecule has 30 heavy (non-hydrogen) atoms. The van der Waals surface area contributed by atoms with Crippen molar-refractivity contribution in [1.82, 2.24) is 15.2 Å². The average Bonchev–Trinajstić information content (AvgIpc) is 2.76. The largest absolute Gasteiger partial charge is 0.466 e. The molecule has 1 N–H and O–H groups in total. The Bertz CT molecular complexity index is 873. The number of aliphatic imine (C=N–C) groups is 1. The molecule has 1 saturated heterocycles. The number of likely N-dealkylation sites (tertiary alicyclic amines) is 1. The number of esters is 1. The summed E-state index contributed by atoms with van der Waals surface area (Å²) < 4.78 is 24.0. The van der Waals surface area contributed by atoms with E-state index in [1.165, 1.54) is 12.1 Å². The number of carbonyl (C=O) groups is 1. The van der Waals surface area contributed by atoms with Gasteiger partial charge in [0.2, 0.25) is 5.88 Å². The van der Waals surface area contributed by atoms with Crippen molar-refractivity contribution in [3.05, 3.63) is 54.0 Å². The second-order valence-corrected chi connectivity index (χ2v) is 7.00. The zero-order chi connectivity index (χ0) is 21.3. The molecular weight excluding hydrogens is 387 g/mol. The van der Waals surface area contributed by atoms with Gasteiger partial charge >= 0.3 is 5.97 Å². The molecule has 160 valence electrons. The topological polar surface area (TPSA) is 76.0 Å². The minimum atomic E-state index is -0.359. The summed E-state index contributed by atoms with van der Waals surface area (Å²) >= 11 is 0. The number of benzene rings is 1. The molecule has 2 heterocycles. The molecule has 1 aliphatic heterocycles. The first-order valence-electron chi connectivity index (χ1n) is 10.1. The van der Waals surface area contributed by atoms with E-state index in [0.29, 0.717) is 31.3 Å². The number of hydrogen-bond acceptors (Lipinski definition) is 5. The summed E-state index contributed by atoms with van der Waals surface area (Å²) in [5.41, 5.74) is 0.946. The third-order valence-electron chi connectivity index (χ3n) is 4.82. The Labute approximate surface area is 175 Å². The Morgan fingerprint density at radius 2 is 2.23 bits per heavy atom. The summed E-state index contributed by atoms with van der Waals surface area (Å²) in [6, 6.07) is 9.55. The Hall–Kier alpha value is -3.16. The zero-order valence-corrected chi connectivity index (χ0v) is 17.3. The highest BCUT2D eigenvalue weighted by Crippen LogP contribution is 2.20. The summed E-state index contributed by atoms with van der Waals surface area (Å²) in [6.07, 6.45) is 3.45. The maximum absolute atomic E-state index is 13.3. The fourth-order valence-electron chi connectivity index (χ4n) is 3.36. The number of nitrogens with zero attached hydrogens (tertiary/aromatic N) is 3. The quantitative estimate of drug-likeness (QED) is 0.444. The molecule has 8 heteroatoms. The predicted octanol–water partition coefficient (Wildman–Crippen LogP) is 3.36. The molecule has 0 saturated carbocycles. The highest BCUT2D eigenvalue weighted by atomic mass is 19.1. The van der Waals surface area contributed by atoms with Crippen molar-refractivity contribution in [1.29, 1.82) is 0 Å². The molecule has 3 rings (SSSR count). The van der Waals surface area contributed by atoms with Crippen LogP contribution in [0.4, 0.5) is 4.39 Å². The zero-order valence-electron chi connectivity index (χ0n) is 17.3. The van der Waals surface area contributed by atoms with Gasteiger partial charge in [-0.2, -0.15) is 0 Å². The number of ether oxygens (including phenoxy) is 2. The second-order valence-electron chi connectivity index (χ2n) is 7.00. The van der Waals surface area contributed by atoms with E-state index in [-0.39, 0.29) is 17.7 Å². The van der Waals surface area contributed by atoms with Gasteiger partial charge in [-0.3, -0.25) is 9.79 Å². The van der Waals surface area contributed by atoms with Crippen molar-refractivity contribution in [3.8, 4) is 11.6 Å². The van der Waals surface area contributed by atoms with Crippen LogP contribution in [0.5, 0.6) is 11.6 Å². The number of hydrogen-bond donors (Lipinski definition) is 1. The van der Waals surface area contributed by atoms with E-state index in [9.17, 15) is 9.18 Å². The summed E-state index contributed by atoms with van der Waals surface area (Å²) in [6.45, 7) is 4.18. The number of piperidine rings is 1. The van der Waals surface area contributed by atoms with Crippen LogP contribution in [-0.4, -0.2) is 48.6 Å². The molecule has 0 bridgehead atoms. The number of aromatic nitrogens is 1. The van der Waals surface area contributed by atoms with E-state index in [1.54, 1.807) is 31.4 Å². The molecule has 0 amide bonds. The van der Waals surface area contributed by atoms with E-state index < -0.39 is 0 Å². The number of carbonyl (C=O) groups excluding carboxylic acids is 1. The lowest BCUT2D eigenvalue weighted by molar-refractivity contribution is -0.149. The minimum absolute atomic E-state index is 0.127. The third-order valence-corrected chi connectivity index (χ3v) is 4.82. The maximum Gasteiger partial charge on any atom is 0.310 e. The molecule has 7 nitrogen and oxygen atoms in total. The Morgan fingerprint density at radius 1 is 1.37 bits per heavy atom. The van der Waals surface area contributed by atoms with Gasteiger partial charge in [0.05, 0.1) is 12.5 Å². The SMILES string of the molecule is CCOC(=O)C1CCCN(C(=NC)NCc2ccc(Oc3cccc(F)c3)nc2)C1. The molecule has 2 aromatic rings. The van der Waals surface area contributed by atoms with E-state index in [1.807, 2.05) is 13.0 Å². The monoisotopic (exact) mass is 414 g/mol. The molecule has 0 aliphatic carbocycles. The van der Waals surface area contributed by atoms with Crippen LogP contribution in [0, 0.1) is 11.7 Å². The molecule has 1 aromatic carbocycles. The molecule has 0 spiro atoms. The molecule has 1 aromatic heterocycles. The standard InChI is InChI=1S/C22H27FN4O3/c1-3-29-21(28)17-6-5-11-27(15-17)22(24-2)26-14-16-9-10-20(25-13-16)30-19-8-4-7-18(23)12-19/h4,7-10,12-13,17H,3,5-6,11,14-15H2,1-2H3,(H,24,26). The van der Waals surface area contributed by atoms with Crippen LogP contribution in [-0.2, 0) is 16.1 Å². The summed E-state index contributed by atoms with van der Waals surface area (Å²) in [4.78, 5) is 22.8. The van der Waals surface area contributed by atoms with E-state index in [4.69, 9.17) is 9.47 Å². The highest BCUT2D eigenvalue weighted by Gasteiger charge is 2.28. The van der Waals surface area contributed by atoms with Gasteiger partial charge in [0.15, 0.2) is 5.96 Å². The van der Waals surface area contributed by atoms with Crippen LogP contribution in [0.3, 0.4) is 0 Å². The first-order chi connectivity index (χ1) is 14.6. The normalized spacial score (nSPS) is 16.8. The number of nitrogens with one attached hydrogen (secondary N) is 1. The van der Waals surface area contributed by atoms with Crippen LogP contribution in [0.1, 0.15) is 25.3 Å². The van der Waals surface area contributed by atoms with Crippen molar-refractivity contribution in [2.24, 2.45) is 10.9 Å². The lowest BCUT2D eigenvalue weighted by atomic mass is 9.98. The van der Waals surface area contributed by atoms with E-state index >= 15 is 0 Å². The van der Waals surface area contributed by atoms with Gasteiger partial charge in [0.25, 0.3) is 0 Å². The minimum Gasteiger partial charge on any atom is -0.466 e. The molecule has 1 aliphatic rings. The predicted molar refractivity (Wildman–Crippen MR) is 112 cm³/mol. The Kier molecular flexibility index (Phi) is 7.59. The van der Waals surface area contributed by atoms with Gasteiger partial charge in [-0.05, 0) is 37.5 Å².